The number of Topliss-reactive ketones (excluding diaryl/α,β-unsaturated/α-hetero) is 1. The number of alkyl halides is 2. The maximum atomic E-state index is 13.8. The maximum absolute atomic E-state index is 13.8. The Labute approximate surface area is 182 Å². The predicted octanol–water partition coefficient (Wildman–Crippen LogP) is 7.99. The van der Waals surface area contributed by atoms with Crippen LogP contribution in [0.2, 0.25) is 0 Å². The lowest BCUT2D eigenvalue weighted by molar-refractivity contribution is 0.0978. The van der Waals surface area contributed by atoms with Crippen LogP contribution in [0.3, 0.4) is 0 Å². The number of carbonyl (C=O) groups is 1. The fraction of sp³-hybridized carbons (Fsp3) is 0.296. The summed E-state index contributed by atoms with van der Waals surface area (Å²) in [5.74, 6) is -0.941. The van der Waals surface area contributed by atoms with E-state index in [9.17, 15) is 18.7 Å². The van der Waals surface area contributed by atoms with Crippen molar-refractivity contribution in [3.05, 3.63) is 77.4 Å². The molecule has 3 rings (SSSR count). The molecule has 0 fully saturated rings. The predicted molar refractivity (Wildman–Crippen MR) is 122 cm³/mol. The van der Waals surface area contributed by atoms with Crippen LogP contribution in [0.4, 0.5) is 8.78 Å². The molecule has 0 bridgehead atoms. The molecule has 0 radical (unpaired) electrons. The van der Waals surface area contributed by atoms with Gasteiger partial charge < -0.3 is 5.11 Å². The van der Waals surface area contributed by atoms with E-state index in [4.69, 9.17) is 0 Å². The summed E-state index contributed by atoms with van der Waals surface area (Å²) in [5.41, 5.74) is 3.63. The highest BCUT2D eigenvalue weighted by Crippen LogP contribution is 2.40. The van der Waals surface area contributed by atoms with Crippen molar-refractivity contribution in [1.29, 1.82) is 0 Å². The number of ketones is 1. The lowest BCUT2D eigenvalue weighted by atomic mass is 9.93. The van der Waals surface area contributed by atoms with Gasteiger partial charge in [-0.15, -0.1) is 0 Å². The number of halogens is 2. The van der Waals surface area contributed by atoms with E-state index in [2.05, 4.69) is 31.2 Å². The van der Waals surface area contributed by atoms with Gasteiger partial charge in [-0.1, -0.05) is 74.9 Å². The summed E-state index contributed by atoms with van der Waals surface area (Å²) in [5, 5.41) is 10.4. The van der Waals surface area contributed by atoms with Crippen LogP contribution in [0.15, 0.2) is 60.7 Å². The second-order valence-corrected chi connectivity index (χ2v) is 7.77. The molecule has 0 aromatic heterocycles. The minimum absolute atomic E-state index is 0.0410. The highest BCUT2D eigenvalue weighted by atomic mass is 19.3. The first kappa shape index (κ1) is 22.7. The van der Waals surface area contributed by atoms with Crippen LogP contribution in [-0.4, -0.2) is 10.9 Å². The number of phenolic OH excluding ortho intramolecular Hbond substituents is 1. The second-order valence-electron chi connectivity index (χ2n) is 7.77. The third-order valence-electron chi connectivity index (χ3n) is 5.51. The van der Waals surface area contributed by atoms with E-state index in [0.29, 0.717) is 12.0 Å². The first-order chi connectivity index (χ1) is 15.0. The largest absolute Gasteiger partial charge is 0.507 e. The van der Waals surface area contributed by atoms with E-state index in [-0.39, 0.29) is 23.3 Å². The molecule has 31 heavy (non-hydrogen) atoms. The molecule has 2 nitrogen and oxygen atoms in total. The number of benzene rings is 3. The molecule has 4 heteroatoms. The number of hydrogen-bond donors (Lipinski definition) is 1. The molecule has 1 N–H and O–H groups in total. The number of rotatable bonds is 9. The number of aromatic hydroxyl groups is 1. The van der Waals surface area contributed by atoms with Crippen LogP contribution in [0, 0.1) is 0 Å². The van der Waals surface area contributed by atoms with Crippen LogP contribution in [0.25, 0.3) is 22.3 Å². The van der Waals surface area contributed by atoms with Gasteiger partial charge in [0.05, 0.1) is 11.1 Å². The van der Waals surface area contributed by atoms with Crippen LogP contribution in [-0.2, 0) is 6.42 Å². The summed E-state index contributed by atoms with van der Waals surface area (Å²) < 4.78 is 27.6. The summed E-state index contributed by atoms with van der Waals surface area (Å²) in [6.07, 6.45) is 1.29. The first-order valence-corrected chi connectivity index (χ1v) is 10.8. The Morgan fingerprint density at radius 2 is 1.42 bits per heavy atom. The van der Waals surface area contributed by atoms with Crippen molar-refractivity contribution in [2.75, 3.05) is 0 Å². The molecule has 0 aliphatic rings. The van der Waals surface area contributed by atoms with Gasteiger partial charge in [0.2, 0.25) is 0 Å². The molecule has 0 atom stereocenters. The van der Waals surface area contributed by atoms with Crippen molar-refractivity contribution in [3.8, 4) is 28.0 Å². The second kappa shape index (κ2) is 10.3. The minimum Gasteiger partial charge on any atom is -0.507 e. The van der Waals surface area contributed by atoms with Crippen molar-refractivity contribution in [1.82, 2.24) is 0 Å². The molecular weight excluding hydrogens is 394 g/mol. The third kappa shape index (κ3) is 5.19. The van der Waals surface area contributed by atoms with Crippen LogP contribution in [0.5, 0.6) is 5.75 Å². The highest BCUT2D eigenvalue weighted by Gasteiger charge is 2.24. The number of unbranched alkanes of at least 4 members (excludes halogenated alkanes) is 1. The Morgan fingerprint density at radius 1 is 0.839 bits per heavy atom. The molecule has 0 unspecified atom stereocenters. The fourth-order valence-electron chi connectivity index (χ4n) is 3.75. The van der Waals surface area contributed by atoms with E-state index in [0.717, 1.165) is 30.4 Å². The Hall–Kier alpha value is -3.01. The van der Waals surface area contributed by atoms with Crippen LogP contribution < -0.4 is 0 Å². The van der Waals surface area contributed by atoms with Gasteiger partial charge in [0.15, 0.2) is 5.78 Å². The standard InChI is InChI=1S/C27H28F2O2/c1-3-5-7-18-8-10-19(11-9-18)20-12-14-21(15-13-20)22-16-17-23(24(30)6-4-2)26(31)25(22)27(28)29/h8-17,27,31H,3-7H2,1-2H3. The van der Waals surface area contributed by atoms with Gasteiger partial charge in [-0.3, -0.25) is 4.79 Å². The van der Waals surface area contributed by atoms with Gasteiger partial charge in [-0.05, 0) is 53.1 Å². The third-order valence-corrected chi connectivity index (χ3v) is 5.51. The van der Waals surface area contributed by atoms with Crippen molar-refractivity contribution in [2.24, 2.45) is 0 Å². The van der Waals surface area contributed by atoms with Gasteiger partial charge in [-0.2, -0.15) is 0 Å². The Kier molecular flexibility index (Phi) is 7.56. The van der Waals surface area contributed by atoms with Crippen molar-refractivity contribution < 1.29 is 18.7 Å². The molecule has 0 aliphatic carbocycles. The molecule has 3 aromatic carbocycles. The number of hydrogen-bond acceptors (Lipinski definition) is 2. The summed E-state index contributed by atoms with van der Waals surface area (Å²) in [7, 11) is 0. The van der Waals surface area contributed by atoms with E-state index in [1.807, 2.05) is 19.1 Å². The number of carbonyl (C=O) groups excluding carboxylic acids is 1. The molecule has 3 aromatic rings. The zero-order valence-electron chi connectivity index (χ0n) is 18.0. The van der Waals surface area contributed by atoms with Gasteiger partial charge in [0.1, 0.15) is 5.75 Å². The van der Waals surface area contributed by atoms with E-state index in [1.165, 1.54) is 17.7 Å². The normalized spacial score (nSPS) is 11.1. The molecule has 0 aliphatic heterocycles. The summed E-state index contributed by atoms with van der Waals surface area (Å²) >= 11 is 0. The molecule has 0 amide bonds. The Bertz CT molecular complexity index is 1020. The van der Waals surface area contributed by atoms with E-state index < -0.39 is 17.7 Å². The average Bonchev–Trinajstić information content (AvgIpc) is 2.77. The van der Waals surface area contributed by atoms with Gasteiger partial charge >= 0.3 is 0 Å². The highest BCUT2D eigenvalue weighted by molar-refractivity contribution is 6.00. The molecular formula is C27H28F2O2. The summed E-state index contributed by atoms with van der Waals surface area (Å²) in [6.45, 7) is 4.00. The molecule has 162 valence electrons. The van der Waals surface area contributed by atoms with Gasteiger partial charge in [0.25, 0.3) is 6.43 Å². The maximum Gasteiger partial charge on any atom is 0.268 e. The van der Waals surface area contributed by atoms with Gasteiger partial charge in [0, 0.05) is 6.42 Å². The van der Waals surface area contributed by atoms with Crippen molar-refractivity contribution in [2.45, 2.75) is 52.4 Å². The monoisotopic (exact) mass is 422 g/mol. The lowest BCUT2D eigenvalue weighted by Gasteiger charge is -2.15. The Morgan fingerprint density at radius 3 is 1.97 bits per heavy atom. The average molecular weight is 423 g/mol. The molecule has 0 heterocycles. The zero-order valence-corrected chi connectivity index (χ0v) is 18.0. The summed E-state index contributed by atoms with van der Waals surface area (Å²) in [6, 6.07) is 18.7. The molecule has 0 saturated carbocycles. The van der Waals surface area contributed by atoms with Crippen molar-refractivity contribution >= 4 is 5.78 Å². The number of phenols is 1. The topological polar surface area (TPSA) is 37.3 Å². The molecule has 0 spiro atoms. The zero-order chi connectivity index (χ0) is 22.4. The van der Waals surface area contributed by atoms with Gasteiger partial charge in [-0.25, -0.2) is 8.78 Å². The lowest BCUT2D eigenvalue weighted by Crippen LogP contribution is -2.02. The molecule has 0 saturated heterocycles. The van der Waals surface area contributed by atoms with Crippen LogP contribution in [0.1, 0.15) is 67.4 Å². The summed E-state index contributed by atoms with van der Waals surface area (Å²) in [4.78, 5) is 12.2. The first-order valence-electron chi connectivity index (χ1n) is 10.8. The minimum atomic E-state index is -2.89. The smallest absolute Gasteiger partial charge is 0.268 e. The van der Waals surface area contributed by atoms with Crippen LogP contribution >= 0.6 is 0 Å². The van der Waals surface area contributed by atoms with E-state index >= 15 is 0 Å². The fourth-order valence-corrected chi connectivity index (χ4v) is 3.75. The van der Waals surface area contributed by atoms with E-state index in [1.54, 1.807) is 12.1 Å². The quantitative estimate of drug-likeness (QED) is 0.355. The SMILES string of the molecule is CCCCc1ccc(-c2ccc(-c3ccc(C(=O)CCC)c(O)c3C(F)F)cc2)cc1. The number of aryl methyl sites for hydroxylation is 1. The van der Waals surface area contributed by atoms with Crippen molar-refractivity contribution in [3.63, 3.8) is 0 Å². The Balaban J connectivity index is 1.91.